The summed E-state index contributed by atoms with van der Waals surface area (Å²) in [6.07, 6.45) is 3.61. The second-order valence-electron chi connectivity index (χ2n) is 13.2. The Morgan fingerprint density at radius 1 is 1.04 bits per heavy atom. The van der Waals surface area contributed by atoms with E-state index in [-0.39, 0.29) is 38.5 Å². The smallest absolute Gasteiger partial charge is 0.413 e. The van der Waals surface area contributed by atoms with Crippen LogP contribution in [0.1, 0.15) is 46.5 Å². The van der Waals surface area contributed by atoms with Gasteiger partial charge in [0.15, 0.2) is 10.9 Å². The average Bonchev–Trinajstić information content (AvgIpc) is 3.69. The second kappa shape index (κ2) is 11.6. The highest BCUT2D eigenvalue weighted by Gasteiger charge is 2.34. The molecule has 10 nitrogen and oxygen atoms in total. The highest BCUT2D eigenvalue weighted by molar-refractivity contribution is 7.22. The Balaban J connectivity index is 1.29. The number of thiazole rings is 1. The quantitative estimate of drug-likeness (QED) is 0.266. The zero-order valence-corrected chi connectivity index (χ0v) is 26.6. The van der Waals surface area contributed by atoms with E-state index in [0.717, 1.165) is 56.7 Å². The number of nitrogens with zero attached hydrogens (tertiary/aromatic N) is 5. The number of nitrogens with one attached hydrogen (secondary N) is 2. The summed E-state index contributed by atoms with van der Waals surface area (Å²) in [5, 5.41) is 6.96. The number of hydrogen-bond donors (Lipinski definition) is 2. The maximum atomic E-state index is 16.7. The van der Waals surface area contributed by atoms with Gasteiger partial charge in [0.25, 0.3) is 0 Å². The number of amides is 1. The third-order valence-electron chi connectivity index (χ3n) is 8.75. The molecule has 2 bridgehead atoms. The molecule has 0 aliphatic carbocycles. The van der Waals surface area contributed by atoms with Crippen molar-refractivity contribution in [1.29, 1.82) is 0 Å². The van der Waals surface area contributed by atoms with E-state index in [4.69, 9.17) is 14.5 Å². The molecule has 13 heteroatoms. The molecule has 7 rings (SSSR count). The van der Waals surface area contributed by atoms with Gasteiger partial charge in [0.2, 0.25) is 0 Å². The number of benzene rings is 2. The molecular weight excluding hydrogens is 600 g/mol. The van der Waals surface area contributed by atoms with Gasteiger partial charge in [0.05, 0.1) is 10.2 Å². The molecule has 3 aliphatic heterocycles. The molecule has 0 saturated carbocycles. The summed E-state index contributed by atoms with van der Waals surface area (Å²) in [5.74, 6) is -0.435. The Hall–Kier alpha value is -3.68. The van der Waals surface area contributed by atoms with Crippen LogP contribution in [0.2, 0.25) is 0 Å². The van der Waals surface area contributed by atoms with Gasteiger partial charge >= 0.3 is 12.1 Å². The predicted molar refractivity (Wildman–Crippen MR) is 171 cm³/mol. The van der Waals surface area contributed by atoms with Crippen molar-refractivity contribution in [3.8, 4) is 17.1 Å². The summed E-state index contributed by atoms with van der Waals surface area (Å²) in [5.41, 5.74) is 0.255. The topological polar surface area (TPSA) is 105 Å². The van der Waals surface area contributed by atoms with Gasteiger partial charge < -0.3 is 24.6 Å². The number of halogens is 2. The Morgan fingerprint density at radius 2 is 1.80 bits per heavy atom. The number of likely N-dealkylation sites (N-methyl/N-ethyl adjacent to an activating group) is 1. The highest BCUT2D eigenvalue weighted by atomic mass is 32.1. The van der Waals surface area contributed by atoms with Gasteiger partial charge in [-0.05, 0) is 78.2 Å². The van der Waals surface area contributed by atoms with Crippen LogP contribution in [0.3, 0.4) is 0 Å². The van der Waals surface area contributed by atoms with Crippen molar-refractivity contribution in [2.75, 3.05) is 43.5 Å². The van der Waals surface area contributed by atoms with E-state index in [1.807, 2.05) is 6.07 Å². The molecule has 3 saturated heterocycles. The van der Waals surface area contributed by atoms with Crippen molar-refractivity contribution in [2.24, 2.45) is 0 Å². The van der Waals surface area contributed by atoms with E-state index in [2.05, 4.69) is 37.4 Å². The Morgan fingerprint density at radius 3 is 2.51 bits per heavy atom. The van der Waals surface area contributed by atoms with E-state index in [0.29, 0.717) is 35.5 Å². The first-order valence-corrected chi connectivity index (χ1v) is 16.3. The molecule has 2 aromatic carbocycles. The number of aromatic nitrogens is 3. The lowest BCUT2D eigenvalue weighted by molar-refractivity contribution is 0.0636. The molecule has 5 heterocycles. The Kier molecular flexibility index (Phi) is 7.73. The van der Waals surface area contributed by atoms with Crippen molar-refractivity contribution in [2.45, 2.75) is 70.2 Å². The predicted octanol–water partition coefficient (Wildman–Crippen LogP) is 5.95. The summed E-state index contributed by atoms with van der Waals surface area (Å²) < 4.78 is 43.3. The molecule has 1 amide bonds. The average molecular weight is 638 g/mol. The number of ether oxygens (including phenoxy) is 2. The SMILES string of the molecule is CN1CCC[C@H]1COc1nc(N2CC3CCC(C2)N3)c2ccc(-c3ccc(F)c4sc(NC(=O)OC(C)(C)C)nc34)c(F)c2n1. The molecule has 2 aromatic heterocycles. The lowest BCUT2D eigenvalue weighted by Crippen LogP contribution is -2.51. The number of rotatable bonds is 6. The molecule has 3 aliphatic rings. The van der Waals surface area contributed by atoms with E-state index in [9.17, 15) is 9.18 Å². The van der Waals surface area contributed by atoms with Crippen molar-refractivity contribution in [1.82, 2.24) is 25.2 Å². The fourth-order valence-electron chi connectivity index (χ4n) is 6.61. The van der Waals surface area contributed by atoms with E-state index in [1.165, 1.54) is 12.1 Å². The van der Waals surface area contributed by atoms with Crippen LogP contribution in [-0.2, 0) is 4.74 Å². The van der Waals surface area contributed by atoms with Gasteiger partial charge in [-0.1, -0.05) is 17.4 Å². The van der Waals surface area contributed by atoms with Gasteiger partial charge in [0.1, 0.15) is 29.4 Å². The standard InChI is InChI=1S/C32H37F2N7O3S/c1-32(2,3)44-31(42)39-30-37-26-21(11-12-23(33)27(26)45-30)20-9-10-22-25(24(20)34)36-29(43-16-19-6-5-13-40(19)4)38-28(22)41-14-17-7-8-18(15-41)35-17/h9-12,17-19,35H,5-8,13-16H2,1-4H3,(H,37,39,42)/t17?,18?,19-/m0/s1. The fraction of sp³-hybridized carbons (Fsp3) is 0.500. The van der Waals surface area contributed by atoms with Gasteiger partial charge in [-0.3, -0.25) is 5.32 Å². The number of hydrogen-bond acceptors (Lipinski definition) is 10. The third kappa shape index (κ3) is 6.00. The van der Waals surface area contributed by atoms with Crippen molar-refractivity contribution < 1.29 is 23.0 Å². The lowest BCUT2D eigenvalue weighted by Gasteiger charge is -2.34. The van der Waals surface area contributed by atoms with Crippen LogP contribution in [-0.4, -0.2) is 83.0 Å². The maximum absolute atomic E-state index is 16.7. The summed E-state index contributed by atoms with van der Waals surface area (Å²) in [4.78, 5) is 30.8. The molecule has 2 N–H and O–H groups in total. The second-order valence-corrected chi connectivity index (χ2v) is 14.2. The normalized spacial score (nSPS) is 22.0. The van der Waals surface area contributed by atoms with Crippen LogP contribution in [0.15, 0.2) is 24.3 Å². The Labute approximate surface area is 264 Å². The van der Waals surface area contributed by atoms with Crippen LogP contribution < -0.4 is 20.3 Å². The molecule has 45 heavy (non-hydrogen) atoms. The van der Waals surface area contributed by atoms with E-state index >= 15 is 4.39 Å². The first-order valence-electron chi connectivity index (χ1n) is 15.5. The monoisotopic (exact) mass is 637 g/mol. The number of likely N-dealkylation sites (tertiary alicyclic amines) is 1. The zero-order chi connectivity index (χ0) is 31.5. The van der Waals surface area contributed by atoms with Crippen molar-refractivity contribution in [3.63, 3.8) is 0 Å². The number of piperazine rings is 1. The minimum Gasteiger partial charge on any atom is -0.462 e. The molecule has 3 atom stereocenters. The molecule has 4 aromatic rings. The number of fused-ring (bicyclic) bond motifs is 4. The lowest BCUT2D eigenvalue weighted by atomic mass is 10.0. The molecule has 238 valence electrons. The van der Waals surface area contributed by atoms with Gasteiger partial charge in [0, 0.05) is 47.7 Å². The van der Waals surface area contributed by atoms with Crippen LogP contribution in [0, 0.1) is 11.6 Å². The van der Waals surface area contributed by atoms with Crippen molar-refractivity contribution >= 4 is 49.5 Å². The third-order valence-corrected chi connectivity index (χ3v) is 9.73. The molecule has 3 fully saturated rings. The number of carbonyl (C=O) groups is 1. The van der Waals surface area contributed by atoms with Gasteiger partial charge in [-0.25, -0.2) is 18.6 Å². The van der Waals surface area contributed by atoms with E-state index in [1.54, 1.807) is 26.8 Å². The number of anilines is 2. The Bertz CT molecular complexity index is 1770. The van der Waals surface area contributed by atoms with Crippen LogP contribution in [0.5, 0.6) is 6.01 Å². The molecule has 2 unspecified atom stereocenters. The van der Waals surface area contributed by atoms with Gasteiger partial charge in [-0.2, -0.15) is 9.97 Å². The van der Waals surface area contributed by atoms with Crippen molar-refractivity contribution in [3.05, 3.63) is 35.9 Å². The molecule has 0 spiro atoms. The first kappa shape index (κ1) is 30.0. The number of carbonyl (C=O) groups excluding carboxylic acids is 1. The van der Waals surface area contributed by atoms with Crippen LogP contribution in [0.4, 0.5) is 24.5 Å². The summed E-state index contributed by atoms with van der Waals surface area (Å²) >= 11 is 0.963. The van der Waals surface area contributed by atoms with E-state index < -0.39 is 23.3 Å². The maximum Gasteiger partial charge on any atom is 0.413 e. The molecule has 0 radical (unpaired) electrons. The summed E-state index contributed by atoms with van der Waals surface area (Å²) in [6, 6.07) is 7.38. The molecular formula is C32H37F2N7O3S. The van der Waals surface area contributed by atoms with Crippen LogP contribution >= 0.6 is 11.3 Å². The minimum absolute atomic E-state index is 0.137. The highest BCUT2D eigenvalue weighted by Crippen LogP contribution is 2.40. The van der Waals surface area contributed by atoms with Crippen LogP contribution in [0.25, 0.3) is 32.2 Å². The summed E-state index contributed by atoms with van der Waals surface area (Å²) in [6.45, 7) is 8.20. The fourth-order valence-corrected chi connectivity index (χ4v) is 7.49. The van der Waals surface area contributed by atoms with Gasteiger partial charge in [-0.15, -0.1) is 0 Å². The summed E-state index contributed by atoms with van der Waals surface area (Å²) in [7, 11) is 2.08. The first-order chi connectivity index (χ1) is 21.5. The zero-order valence-electron chi connectivity index (χ0n) is 25.8. The minimum atomic E-state index is -0.716. The largest absolute Gasteiger partial charge is 0.462 e.